The third kappa shape index (κ3) is 2.90. The first-order valence-corrected chi connectivity index (χ1v) is 6.54. The zero-order chi connectivity index (χ0) is 12.4. The minimum atomic E-state index is -0.538. The lowest BCUT2D eigenvalue weighted by Gasteiger charge is -2.30. The lowest BCUT2D eigenvalue weighted by Crippen LogP contribution is -2.21. The van der Waals surface area contributed by atoms with E-state index in [9.17, 15) is 5.11 Å². The molecule has 0 saturated heterocycles. The van der Waals surface area contributed by atoms with Crippen molar-refractivity contribution in [2.24, 2.45) is 11.8 Å². The smallest absolute Gasteiger partial charge is 0.129 e. The zero-order valence-corrected chi connectivity index (χ0v) is 10.8. The Labute approximate surface area is 107 Å². The Morgan fingerprint density at radius 3 is 3.00 bits per heavy atom. The van der Waals surface area contributed by atoms with Crippen LogP contribution in [0.2, 0.25) is 5.02 Å². The molecule has 0 aliphatic heterocycles. The van der Waals surface area contributed by atoms with Gasteiger partial charge in [-0.05, 0) is 30.7 Å². The molecule has 4 heteroatoms. The Bertz CT molecular complexity index is 397. The van der Waals surface area contributed by atoms with Crippen molar-refractivity contribution in [2.75, 3.05) is 5.73 Å². The number of nitrogens with zero attached hydrogens (tertiary/aromatic N) is 1. The van der Waals surface area contributed by atoms with Crippen molar-refractivity contribution in [3.8, 4) is 0 Å². The summed E-state index contributed by atoms with van der Waals surface area (Å²) < 4.78 is 0. The van der Waals surface area contributed by atoms with Crippen molar-refractivity contribution in [2.45, 2.75) is 38.7 Å². The van der Waals surface area contributed by atoms with Crippen LogP contribution in [0.1, 0.15) is 44.3 Å². The molecule has 94 valence electrons. The van der Waals surface area contributed by atoms with Crippen molar-refractivity contribution in [1.82, 2.24) is 4.98 Å². The number of aliphatic hydroxyl groups is 1. The predicted molar refractivity (Wildman–Crippen MR) is 69.7 cm³/mol. The molecule has 1 aromatic rings. The lowest BCUT2D eigenvalue weighted by atomic mass is 9.78. The molecule has 1 aromatic heterocycles. The van der Waals surface area contributed by atoms with E-state index in [-0.39, 0.29) is 5.92 Å². The zero-order valence-electron chi connectivity index (χ0n) is 10.1. The molecule has 2 rings (SSSR count). The molecule has 1 heterocycles. The predicted octanol–water partition coefficient (Wildman–Crippen LogP) is 3.18. The fourth-order valence-corrected chi connectivity index (χ4v) is 2.89. The monoisotopic (exact) mass is 254 g/mol. The first-order chi connectivity index (χ1) is 8.08. The van der Waals surface area contributed by atoms with Crippen LogP contribution in [0, 0.1) is 11.8 Å². The maximum absolute atomic E-state index is 10.4. The summed E-state index contributed by atoms with van der Waals surface area (Å²) in [7, 11) is 0. The van der Waals surface area contributed by atoms with Gasteiger partial charge in [-0.15, -0.1) is 0 Å². The second-order valence-corrected chi connectivity index (χ2v) is 5.54. The van der Waals surface area contributed by atoms with Gasteiger partial charge in [0.15, 0.2) is 0 Å². The highest BCUT2D eigenvalue weighted by Gasteiger charge is 2.27. The van der Waals surface area contributed by atoms with Gasteiger partial charge in [-0.2, -0.15) is 0 Å². The minimum Gasteiger partial charge on any atom is -0.388 e. The van der Waals surface area contributed by atoms with Crippen molar-refractivity contribution < 1.29 is 5.11 Å². The molecule has 0 radical (unpaired) electrons. The van der Waals surface area contributed by atoms with Gasteiger partial charge in [0.05, 0.1) is 11.1 Å². The van der Waals surface area contributed by atoms with E-state index in [1.807, 2.05) is 0 Å². The molecule has 0 aromatic carbocycles. The van der Waals surface area contributed by atoms with Gasteiger partial charge in [-0.1, -0.05) is 31.4 Å². The van der Waals surface area contributed by atoms with Crippen molar-refractivity contribution in [3.63, 3.8) is 0 Å². The fourth-order valence-electron chi connectivity index (χ4n) is 2.72. The summed E-state index contributed by atoms with van der Waals surface area (Å²) in [6.07, 6.45) is 5.51. The summed E-state index contributed by atoms with van der Waals surface area (Å²) in [6, 6.07) is 1.73. The lowest BCUT2D eigenvalue weighted by molar-refractivity contribution is 0.0717. The largest absolute Gasteiger partial charge is 0.388 e. The highest BCUT2D eigenvalue weighted by Crippen LogP contribution is 2.38. The van der Waals surface area contributed by atoms with Crippen LogP contribution in [0.5, 0.6) is 0 Å². The van der Waals surface area contributed by atoms with Crippen LogP contribution in [-0.4, -0.2) is 10.1 Å². The number of hydrogen-bond acceptors (Lipinski definition) is 3. The molecule has 3 N–H and O–H groups in total. The van der Waals surface area contributed by atoms with E-state index in [0.29, 0.717) is 22.3 Å². The van der Waals surface area contributed by atoms with E-state index in [4.69, 9.17) is 17.3 Å². The molecule has 0 spiro atoms. The van der Waals surface area contributed by atoms with E-state index in [1.165, 1.54) is 19.0 Å². The van der Waals surface area contributed by atoms with E-state index < -0.39 is 6.10 Å². The van der Waals surface area contributed by atoms with Gasteiger partial charge in [0.1, 0.15) is 5.82 Å². The normalized spacial score (nSPS) is 26.8. The maximum Gasteiger partial charge on any atom is 0.129 e. The number of pyridine rings is 1. The van der Waals surface area contributed by atoms with Crippen LogP contribution in [0.3, 0.4) is 0 Å². The third-order valence-corrected chi connectivity index (χ3v) is 3.86. The standard InChI is InChI=1S/C13H19ClN2O/c1-8-3-2-4-9(5-8)12(17)11-6-10(14)7-16-13(11)15/h6-9,12,17H,2-5H2,1H3,(H2,15,16). The first kappa shape index (κ1) is 12.7. The van der Waals surface area contributed by atoms with Crippen LogP contribution in [0.4, 0.5) is 5.82 Å². The fraction of sp³-hybridized carbons (Fsp3) is 0.615. The van der Waals surface area contributed by atoms with Crippen LogP contribution < -0.4 is 5.73 Å². The summed E-state index contributed by atoms with van der Waals surface area (Å²) in [4.78, 5) is 4.00. The second-order valence-electron chi connectivity index (χ2n) is 5.10. The van der Waals surface area contributed by atoms with E-state index in [0.717, 1.165) is 12.8 Å². The van der Waals surface area contributed by atoms with Crippen LogP contribution in [0.15, 0.2) is 12.3 Å². The molecule has 1 fully saturated rings. The molecular formula is C13H19ClN2O. The molecule has 3 atom stereocenters. The van der Waals surface area contributed by atoms with Gasteiger partial charge in [0.25, 0.3) is 0 Å². The average molecular weight is 255 g/mol. The van der Waals surface area contributed by atoms with Gasteiger partial charge in [-0.25, -0.2) is 4.98 Å². The molecular weight excluding hydrogens is 236 g/mol. The molecule has 1 aliphatic carbocycles. The number of halogens is 1. The molecule has 3 unspecified atom stereocenters. The number of anilines is 1. The molecule has 0 amide bonds. The highest BCUT2D eigenvalue weighted by molar-refractivity contribution is 6.30. The van der Waals surface area contributed by atoms with Crippen molar-refractivity contribution in [3.05, 3.63) is 22.8 Å². The van der Waals surface area contributed by atoms with Gasteiger partial charge in [0.2, 0.25) is 0 Å². The minimum absolute atomic E-state index is 0.279. The number of nitrogens with two attached hydrogens (primary N) is 1. The SMILES string of the molecule is CC1CCCC(C(O)c2cc(Cl)cnc2N)C1. The van der Waals surface area contributed by atoms with Gasteiger partial charge < -0.3 is 10.8 Å². The second kappa shape index (κ2) is 5.23. The van der Waals surface area contributed by atoms with E-state index >= 15 is 0 Å². The van der Waals surface area contributed by atoms with Crippen LogP contribution >= 0.6 is 11.6 Å². The van der Waals surface area contributed by atoms with Crippen molar-refractivity contribution in [1.29, 1.82) is 0 Å². The van der Waals surface area contributed by atoms with Crippen LogP contribution in [0.25, 0.3) is 0 Å². The van der Waals surface area contributed by atoms with E-state index in [1.54, 1.807) is 6.07 Å². The van der Waals surface area contributed by atoms with Crippen LogP contribution in [-0.2, 0) is 0 Å². The highest BCUT2D eigenvalue weighted by atomic mass is 35.5. The molecule has 0 bridgehead atoms. The summed E-state index contributed by atoms with van der Waals surface area (Å²) in [5, 5.41) is 10.9. The Morgan fingerprint density at radius 2 is 2.29 bits per heavy atom. The maximum atomic E-state index is 10.4. The summed E-state index contributed by atoms with van der Waals surface area (Å²) in [5.74, 6) is 1.35. The summed E-state index contributed by atoms with van der Waals surface area (Å²) in [5.41, 5.74) is 6.48. The number of rotatable bonds is 2. The third-order valence-electron chi connectivity index (χ3n) is 3.66. The van der Waals surface area contributed by atoms with E-state index in [2.05, 4.69) is 11.9 Å². The Morgan fingerprint density at radius 1 is 1.53 bits per heavy atom. The Kier molecular flexibility index (Phi) is 3.89. The number of nitrogen functional groups attached to an aromatic ring is 1. The molecule has 17 heavy (non-hydrogen) atoms. The summed E-state index contributed by atoms with van der Waals surface area (Å²) in [6.45, 7) is 2.23. The Hall–Kier alpha value is -0.800. The molecule has 1 saturated carbocycles. The van der Waals surface area contributed by atoms with Gasteiger partial charge >= 0.3 is 0 Å². The number of aromatic nitrogens is 1. The quantitative estimate of drug-likeness (QED) is 0.852. The van der Waals surface area contributed by atoms with Gasteiger partial charge in [0, 0.05) is 11.8 Å². The first-order valence-electron chi connectivity index (χ1n) is 6.17. The number of hydrogen-bond donors (Lipinski definition) is 2. The van der Waals surface area contributed by atoms with Gasteiger partial charge in [-0.3, -0.25) is 0 Å². The molecule has 1 aliphatic rings. The number of aliphatic hydroxyl groups excluding tert-OH is 1. The topological polar surface area (TPSA) is 59.1 Å². The summed E-state index contributed by atoms with van der Waals surface area (Å²) >= 11 is 5.90. The molecule has 3 nitrogen and oxygen atoms in total. The van der Waals surface area contributed by atoms with Crippen molar-refractivity contribution >= 4 is 17.4 Å². The Balaban J connectivity index is 2.18. The average Bonchev–Trinajstić information content (AvgIpc) is 2.31.